The quantitative estimate of drug-likeness (QED) is 0.786. The first-order valence-corrected chi connectivity index (χ1v) is 7.09. The third-order valence-corrected chi connectivity index (χ3v) is 3.56. The van der Waals surface area contributed by atoms with Gasteiger partial charge in [0.25, 0.3) is 5.91 Å². The monoisotopic (exact) mass is 295 g/mol. The summed E-state index contributed by atoms with van der Waals surface area (Å²) in [7, 11) is 1.66. The molecule has 0 bridgehead atoms. The number of nitrogens with zero attached hydrogens (tertiary/aromatic N) is 2. The zero-order valence-corrected chi connectivity index (χ0v) is 12.3. The van der Waals surface area contributed by atoms with Crippen LogP contribution in [0, 0.1) is 0 Å². The van der Waals surface area contributed by atoms with E-state index in [1.165, 1.54) is 0 Å². The van der Waals surface area contributed by atoms with Crippen molar-refractivity contribution in [3.05, 3.63) is 60.6 Å². The van der Waals surface area contributed by atoms with Crippen LogP contribution in [0.5, 0.6) is 5.75 Å². The number of hydrogen-bond acceptors (Lipinski definition) is 3. The molecular formula is C17H17N3O2. The van der Waals surface area contributed by atoms with Gasteiger partial charge in [0.05, 0.1) is 7.11 Å². The first kappa shape index (κ1) is 14.1. The smallest absolute Gasteiger partial charge is 0.251 e. The van der Waals surface area contributed by atoms with E-state index in [9.17, 15) is 4.79 Å². The number of methoxy groups -OCH3 is 1. The molecule has 112 valence electrons. The van der Waals surface area contributed by atoms with Gasteiger partial charge in [-0.05, 0) is 36.4 Å². The number of carbonyl (C=O) groups is 1. The van der Waals surface area contributed by atoms with E-state index in [2.05, 4.69) is 14.9 Å². The predicted molar refractivity (Wildman–Crippen MR) is 85.1 cm³/mol. The molecule has 22 heavy (non-hydrogen) atoms. The van der Waals surface area contributed by atoms with E-state index >= 15 is 0 Å². The molecule has 3 aromatic rings. The molecule has 0 unspecified atom stereocenters. The van der Waals surface area contributed by atoms with Crippen molar-refractivity contribution in [3.63, 3.8) is 0 Å². The summed E-state index contributed by atoms with van der Waals surface area (Å²) in [6.07, 6.45) is 5.24. The maximum atomic E-state index is 12.0. The second-order valence-electron chi connectivity index (χ2n) is 4.93. The number of nitrogens with one attached hydrogen (secondary N) is 1. The molecule has 1 aromatic carbocycles. The number of amides is 1. The van der Waals surface area contributed by atoms with Crippen LogP contribution in [0.25, 0.3) is 10.9 Å². The third-order valence-electron chi connectivity index (χ3n) is 3.56. The van der Waals surface area contributed by atoms with Crippen molar-refractivity contribution in [1.29, 1.82) is 0 Å². The van der Waals surface area contributed by atoms with Crippen molar-refractivity contribution in [3.8, 4) is 5.75 Å². The van der Waals surface area contributed by atoms with Gasteiger partial charge in [-0.1, -0.05) is 0 Å². The number of rotatable bonds is 5. The van der Waals surface area contributed by atoms with Crippen molar-refractivity contribution in [2.45, 2.75) is 6.54 Å². The van der Waals surface area contributed by atoms with Crippen LogP contribution in [0.15, 0.2) is 55.0 Å². The number of benzene rings is 1. The highest BCUT2D eigenvalue weighted by atomic mass is 16.5. The summed E-state index contributed by atoms with van der Waals surface area (Å²) < 4.78 is 7.33. The highest BCUT2D eigenvalue weighted by molar-refractivity contribution is 5.93. The standard InChI is InChI=1S/C17H17N3O2/c1-22-15-2-3-16-14(12-15)6-10-20(16)11-9-19-17(21)13-4-7-18-8-5-13/h2-8,10,12H,9,11H2,1H3,(H,19,21). The molecule has 0 aliphatic rings. The van der Waals surface area contributed by atoms with E-state index in [-0.39, 0.29) is 5.91 Å². The fraction of sp³-hybridized carbons (Fsp3) is 0.176. The topological polar surface area (TPSA) is 56.1 Å². The Labute approximate surface area is 128 Å². The van der Waals surface area contributed by atoms with Gasteiger partial charge < -0.3 is 14.6 Å². The molecule has 0 aliphatic heterocycles. The molecule has 5 heteroatoms. The van der Waals surface area contributed by atoms with Crippen LogP contribution >= 0.6 is 0 Å². The van der Waals surface area contributed by atoms with Gasteiger partial charge in [0, 0.05) is 48.1 Å². The summed E-state index contributed by atoms with van der Waals surface area (Å²) >= 11 is 0. The van der Waals surface area contributed by atoms with Gasteiger partial charge in [0.15, 0.2) is 0 Å². The number of aromatic nitrogens is 2. The van der Waals surface area contributed by atoms with Gasteiger partial charge in [-0.15, -0.1) is 0 Å². The second-order valence-corrected chi connectivity index (χ2v) is 4.93. The Balaban J connectivity index is 1.63. The molecule has 0 saturated heterocycles. The van der Waals surface area contributed by atoms with E-state index in [0.29, 0.717) is 18.7 Å². The molecule has 0 saturated carbocycles. The lowest BCUT2D eigenvalue weighted by molar-refractivity contribution is 0.0952. The van der Waals surface area contributed by atoms with Crippen LogP contribution in [0.3, 0.4) is 0 Å². The summed E-state index contributed by atoms with van der Waals surface area (Å²) in [4.78, 5) is 15.9. The Morgan fingerprint density at radius 1 is 1.23 bits per heavy atom. The van der Waals surface area contributed by atoms with Crippen molar-refractivity contribution in [2.75, 3.05) is 13.7 Å². The van der Waals surface area contributed by atoms with E-state index < -0.39 is 0 Å². The summed E-state index contributed by atoms with van der Waals surface area (Å²) in [6, 6.07) is 11.4. The molecule has 0 radical (unpaired) electrons. The van der Waals surface area contributed by atoms with Crippen LogP contribution in [0.2, 0.25) is 0 Å². The maximum Gasteiger partial charge on any atom is 0.251 e. The van der Waals surface area contributed by atoms with E-state index in [1.807, 2.05) is 30.5 Å². The molecule has 2 aromatic heterocycles. The number of carbonyl (C=O) groups excluding carboxylic acids is 1. The van der Waals surface area contributed by atoms with Crippen molar-refractivity contribution in [1.82, 2.24) is 14.9 Å². The van der Waals surface area contributed by atoms with Gasteiger partial charge in [0.2, 0.25) is 0 Å². The Morgan fingerprint density at radius 3 is 2.82 bits per heavy atom. The minimum Gasteiger partial charge on any atom is -0.497 e. The number of pyridine rings is 1. The van der Waals surface area contributed by atoms with Crippen LogP contribution < -0.4 is 10.1 Å². The Kier molecular flexibility index (Phi) is 4.05. The molecule has 0 atom stereocenters. The van der Waals surface area contributed by atoms with Gasteiger partial charge in [-0.2, -0.15) is 0 Å². The van der Waals surface area contributed by atoms with Crippen LogP contribution in [-0.2, 0) is 6.54 Å². The molecule has 2 heterocycles. The summed E-state index contributed by atoms with van der Waals surface area (Å²) in [5.74, 6) is 0.761. The molecule has 0 aliphatic carbocycles. The lowest BCUT2D eigenvalue weighted by atomic mass is 10.2. The first-order chi connectivity index (χ1) is 10.8. The molecule has 0 spiro atoms. The molecule has 3 rings (SSSR count). The SMILES string of the molecule is COc1ccc2c(ccn2CCNC(=O)c2ccncc2)c1. The number of fused-ring (bicyclic) bond motifs is 1. The van der Waals surface area contributed by atoms with Crippen molar-refractivity contribution < 1.29 is 9.53 Å². The van der Waals surface area contributed by atoms with E-state index in [1.54, 1.807) is 31.6 Å². The van der Waals surface area contributed by atoms with Gasteiger partial charge >= 0.3 is 0 Å². The van der Waals surface area contributed by atoms with Crippen molar-refractivity contribution >= 4 is 16.8 Å². The first-order valence-electron chi connectivity index (χ1n) is 7.09. The zero-order chi connectivity index (χ0) is 15.4. The Hall–Kier alpha value is -2.82. The lowest BCUT2D eigenvalue weighted by Gasteiger charge is -2.08. The lowest BCUT2D eigenvalue weighted by Crippen LogP contribution is -2.27. The molecule has 1 N–H and O–H groups in total. The molecule has 1 amide bonds. The van der Waals surface area contributed by atoms with Gasteiger partial charge in [-0.25, -0.2) is 0 Å². The third kappa shape index (κ3) is 2.93. The largest absolute Gasteiger partial charge is 0.497 e. The minimum atomic E-state index is -0.0828. The normalized spacial score (nSPS) is 10.6. The highest BCUT2D eigenvalue weighted by Gasteiger charge is 2.05. The predicted octanol–water partition coefficient (Wildman–Crippen LogP) is 2.47. The van der Waals surface area contributed by atoms with E-state index in [4.69, 9.17) is 4.74 Å². The second kappa shape index (κ2) is 6.30. The fourth-order valence-corrected chi connectivity index (χ4v) is 2.40. The van der Waals surface area contributed by atoms with Gasteiger partial charge in [0.1, 0.15) is 5.75 Å². The molecular weight excluding hydrogens is 278 g/mol. The van der Waals surface area contributed by atoms with Crippen LogP contribution in [-0.4, -0.2) is 29.1 Å². The summed E-state index contributed by atoms with van der Waals surface area (Å²) in [6.45, 7) is 1.28. The average Bonchev–Trinajstić information content (AvgIpc) is 2.98. The molecule has 5 nitrogen and oxygen atoms in total. The summed E-state index contributed by atoms with van der Waals surface area (Å²) in [5, 5.41) is 4.04. The van der Waals surface area contributed by atoms with Crippen LogP contribution in [0.1, 0.15) is 10.4 Å². The summed E-state index contributed by atoms with van der Waals surface area (Å²) in [5.41, 5.74) is 1.75. The molecule has 0 fully saturated rings. The average molecular weight is 295 g/mol. The highest BCUT2D eigenvalue weighted by Crippen LogP contribution is 2.21. The van der Waals surface area contributed by atoms with Crippen LogP contribution in [0.4, 0.5) is 0 Å². The van der Waals surface area contributed by atoms with Crippen molar-refractivity contribution in [2.24, 2.45) is 0 Å². The Morgan fingerprint density at radius 2 is 2.05 bits per heavy atom. The number of ether oxygens (including phenoxy) is 1. The maximum absolute atomic E-state index is 12.0. The minimum absolute atomic E-state index is 0.0828. The fourth-order valence-electron chi connectivity index (χ4n) is 2.40. The number of hydrogen-bond donors (Lipinski definition) is 1. The van der Waals surface area contributed by atoms with E-state index in [0.717, 1.165) is 16.7 Å². The zero-order valence-electron chi connectivity index (χ0n) is 12.3. The van der Waals surface area contributed by atoms with Gasteiger partial charge in [-0.3, -0.25) is 9.78 Å². The Bertz CT molecular complexity index is 781.